The molecule has 0 N–H and O–H groups in total. The van der Waals surface area contributed by atoms with E-state index < -0.39 is 18.4 Å². The SMILES string of the molecule is [CH3][Sn]([CH3])([CH3])[CH2]c1ccccc1Br. The summed E-state index contributed by atoms with van der Waals surface area (Å²) in [6.07, 6.45) is 0. The van der Waals surface area contributed by atoms with Crippen LogP contribution in [-0.4, -0.2) is 18.4 Å². The number of hydrogen-bond acceptors (Lipinski definition) is 0. The van der Waals surface area contributed by atoms with E-state index in [9.17, 15) is 0 Å². The molecule has 0 saturated carbocycles. The molecule has 0 atom stereocenters. The quantitative estimate of drug-likeness (QED) is 0.721. The van der Waals surface area contributed by atoms with Crippen molar-refractivity contribution in [1.82, 2.24) is 0 Å². The summed E-state index contributed by atoms with van der Waals surface area (Å²) in [6.45, 7) is 0. The monoisotopic (exact) mass is 334 g/mol. The summed E-state index contributed by atoms with van der Waals surface area (Å²) in [5.41, 5.74) is 1.49. The summed E-state index contributed by atoms with van der Waals surface area (Å²) in [6, 6.07) is 8.56. The zero-order valence-corrected chi connectivity index (χ0v) is 12.3. The van der Waals surface area contributed by atoms with E-state index in [4.69, 9.17) is 0 Å². The van der Waals surface area contributed by atoms with E-state index in [-0.39, 0.29) is 0 Å². The molecule has 0 aliphatic heterocycles. The van der Waals surface area contributed by atoms with Crippen molar-refractivity contribution >= 4 is 34.3 Å². The van der Waals surface area contributed by atoms with Crippen LogP contribution in [0.4, 0.5) is 0 Å². The van der Waals surface area contributed by atoms with Crippen LogP contribution in [0.3, 0.4) is 0 Å². The van der Waals surface area contributed by atoms with Crippen molar-refractivity contribution in [1.29, 1.82) is 0 Å². The van der Waals surface area contributed by atoms with Gasteiger partial charge in [-0.05, 0) is 0 Å². The number of rotatable bonds is 2. The molecule has 0 bridgehead atoms. The van der Waals surface area contributed by atoms with Crippen molar-refractivity contribution < 1.29 is 0 Å². The molecular weight excluding hydrogens is 319 g/mol. The second kappa shape index (κ2) is 4.14. The second-order valence-corrected chi connectivity index (χ2v) is 20.8. The number of hydrogen-bond donors (Lipinski definition) is 0. The Hall–Kier alpha value is 0.499. The first kappa shape index (κ1) is 10.6. The Morgan fingerprint density at radius 3 is 2.25 bits per heavy atom. The molecule has 0 radical (unpaired) electrons. The summed E-state index contributed by atoms with van der Waals surface area (Å²) in [7, 11) is 0. The topological polar surface area (TPSA) is 0 Å². The predicted octanol–water partition coefficient (Wildman–Crippen LogP) is 3.87. The minimum absolute atomic E-state index is 1.27. The third kappa shape index (κ3) is 3.48. The summed E-state index contributed by atoms with van der Waals surface area (Å²) < 4.78 is 2.60. The van der Waals surface area contributed by atoms with Gasteiger partial charge in [-0.1, -0.05) is 0 Å². The third-order valence-corrected chi connectivity index (χ3v) is 6.57. The van der Waals surface area contributed by atoms with E-state index in [1.165, 1.54) is 14.5 Å². The summed E-state index contributed by atoms with van der Waals surface area (Å²) in [4.78, 5) is 7.40. The maximum atomic E-state index is 3.58. The minimum atomic E-state index is -1.64. The van der Waals surface area contributed by atoms with Crippen molar-refractivity contribution in [3.63, 3.8) is 0 Å². The van der Waals surface area contributed by atoms with Crippen LogP contribution in [0.1, 0.15) is 5.56 Å². The molecule has 0 unspecified atom stereocenters. The van der Waals surface area contributed by atoms with E-state index in [0.717, 1.165) is 0 Å². The van der Waals surface area contributed by atoms with Crippen LogP contribution < -0.4 is 0 Å². The first-order chi connectivity index (χ1) is 5.49. The fourth-order valence-corrected chi connectivity index (χ4v) is 6.52. The molecule has 0 aliphatic carbocycles. The normalized spacial score (nSPS) is 11.7. The molecule has 2 heteroatoms. The molecule has 0 aliphatic rings. The van der Waals surface area contributed by atoms with Crippen LogP contribution in [0.2, 0.25) is 14.8 Å². The Bertz CT molecular complexity index is 263. The second-order valence-electron chi connectivity index (χ2n) is 4.33. The van der Waals surface area contributed by atoms with Gasteiger partial charge in [0.05, 0.1) is 0 Å². The summed E-state index contributed by atoms with van der Waals surface area (Å²) in [5, 5.41) is 0. The van der Waals surface area contributed by atoms with Gasteiger partial charge in [0, 0.05) is 0 Å². The predicted molar refractivity (Wildman–Crippen MR) is 61.2 cm³/mol. The molecule has 66 valence electrons. The first-order valence-electron chi connectivity index (χ1n) is 4.22. The Balaban J connectivity index is 2.83. The van der Waals surface area contributed by atoms with E-state index in [2.05, 4.69) is 55.0 Å². The fourth-order valence-electron chi connectivity index (χ4n) is 1.21. The van der Waals surface area contributed by atoms with Gasteiger partial charge in [-0.2, -0.15) is 0 Å². The average molecular weight is 334 g/mol. The van der Waals surface area contributed by atoms with Crippen LogP contribution in [0.25, 0.3) is 0 Å². The third-order valence-electron chi connectivity index (χ3n) is 1.68. The van der Waals surface area contributed by atoms with Gasteiger partial charge in [-0.3, -0.25) is 0 Å². The zero-order chi connectivity index (χ0) is 9.19. The molecule has 0 aromatic heterocycles. The number of benzene rings is 1. The van der Waals surface area contributed by atoms with Crippen LogP contribution in [0.15, 0.2) is 28.7 Å². The molecule has 0 spiro atoms. The standard InChI is InChI=1S/C7H6Br.3CH3.Sn/c1-6-4-2-3-5-7(6)8;;;;/h2-5H,1H2;3*1H3;. The van der Waals surface area contributed by atoms with Crippen molar-refractivity contribution in [2.75, 3.05) is 0 Å². The molecule has 0 heterocycles. The molecule has 1 rings (SSSR count). The molecular formula is C10H15BrSn. The molecule has 12 heavy (non-hydrogen) atoms. The van der Waals surface area contributed by atoms with Gasteiger partial charge in [0.25, 0.3) is 0 Å². The van der Waals surface area contributed by atoms with Crippen LogP contribution in [0.5, 0.6) is 0 Å². The van der Waals surface area contributed by atoms with Crippen molar-refractivity contribution in [3.05, 3.63) is 34.3 Å². The van der Waals surface area contributed by atoms with Crippen LogP contribution in [0, 0.1) is 0 Å². The Morgan fingerprint density at radius 2 is 1.75 bits per heavy atom. The van der Waals surface area contributed by atoms with Gasteiger partial charge in [0.1, 0.15) is 0 Å². The Labute approximate surface area is 87.4 Å². The van der Waals surface area contributed by atoms with Crippen LogP contribution >= 0.6 is 15.9 Å². The molecule has 0 amide bonds. The van der Waals surface area contributed by atoms with Gasteiger partial charge in [0.15, 0.2) is 0 Å². The molecule has 0 fully saturated rings. The van der Waals surface area contributed by atoms with Gasteiger partial charge in [-0.25, -0.2) is 0 Å². The van der Waals surface area contributed by atoms with E-state index in [1.54, 1.807) is 0 Å². The Kier molecular flexibility index (Phi) is 3.65. The summed E-state index contributed by atoms with van der Waals surface area (Å²) >= 11 is 1.94. The van der Waals surface area contributed by atoms with Crippen molar-refractivity contribution in [3.8, 4) is 0 Å². The van der Waals surface area contributed by atoms with Gasteiger partial charge >= 0.3 is 87.9 Å². The van der Waals surface area contributed by atoms with E-state index in [0.29, 0.717) is 0 Å². The van der Waals surface area contributed by atoms with Crippen LogP contribution in [-0.2, 0) is 4.44 Å². The van der Waals surface area contributed by atoms with Crippen molar-refractivity contribution in [2.45, 2.75) is 19.3 Å². The molecule has 1 aromatic rings. The Morgan fingerprint density at radius 1 is 1.17 bits per heavy atom. The average Bonchev–Trinajstić information content (AvgIpc) is 1.91. The van der Waals surface area contributed by atoms with Crippen molar-refractivity contribution in [2.24, 2.45) is 0 Å². The molecule has 1 aromatic carbocycles. The molecule has 0 saturated heterocycles. The van der Waals surface area contributed by atoms with Gasteiger partial charge in [0.2, 0.25) is 0 Å². The van der Waals surface area contributed by atoms with E-state index >= 15 is 0 Å². The molecule has 0 nitrogen and oxygen atoms in total. The zero-order valence-electron chi connectivity index (χ0n) is 7.89. The summed E-state index contributed by atoms with van der Waals surface area (Å²) in [5.74, 6) is 0. The van der Waals surface area contributed by atoms with E-state index in [1.807, 2.05) is 0 Å². The number of halogens is 1. The van der Waals surface area contributed by atoms with Gasteiger partial charge < -0.3 is 0 Å². The maximum absolute atomic E-state index is 3.58. The van der Waals surface area contributed by atoms with Gasteiger partial charge in [-0.15, -0.1) is 0 Å². The fraction of sp³-hybridized carbons (Fsp3) is 0.400. The first-order valence-corrected chi connectivity index (χ1v) is 15.6.